The van der Waals surface area contributed by atoms with E-state index in [0.717, 1.165) is 38.5 Å². The van der Waals surface area contributed by atoms with Gasteiger partial charge in [0.1, 0.15) is 0 Å². The molecule has 0 aromatic heterocycles. The van der Waals surface area contributed by atoms with Crippen LogP contribution in [0.4, 0.5) is 0 Å². The van der Waals surface area contributed by atoms with Crippen LogP contribution in [0.5, 0.6) is 0 Å². The van der Waals surface area contributed by atoms with Crippen molar-refractivity contribution in [2.24, 2.45) is 5.73 Å². The van der Waals surface area contributed by atoms with Gasteiger partial charge >= 0.3 is 0 Å². The van der Waals surface area contributed by atoms with Gasteiger partial charge in [0, 0.05) is 6.04 Å². The molecule has 0 bridgehead atoms. The van der Waals surface area contributed by atoms with Crippen LogP contribution in [-0.2, 0) is 9.84 Å². The molecule has 156 valence electrons. The van der Waals surface area contributed by atoms with Crippen LogP contribution in [0.25, 0.3) is 0 Å². The summed E-state index contributed by atoms with van der Waals surface area (Å²) in [6.07, 6.45) is 21.6. The third-order valence-corrected chi connectivity index (χ3v) is 8.35. The molecule has 2 N–H and O–H groups in total. The molecule has 0 radical (unpaired) electrons. The Balaban J connectivity index is 1.87. The van der Waals surface area contributed by atoms with Crippen molar-refractivity contribution in [3.8, 4) is 0 Å². The molecule has 0 aliphatic heterocycles. The first-order chi connectivity index (χ1) is 12.6. The molecule has 1 saturated carbocycles. The number of hydrogen-bond donors (Lipinski definition) is 1. The Morgan fingerprint density at radius 2 is 1.04 bits per heavy atom. The molecule has 1 aliphatic rings. The van der Waals surface area contributed by atoms with Crippen molar-refractivity contribution in [1.82, 2.24) is 0 Å². The third kappa shape index (κ3) is 11.6. The van der Waals surface area contributed by atoms with Crippen molar-refractivity contribution in [3.63, 3.8) is 0 Å². The lowest BCUT2D eigenvalue weighted by Gasteiger charge is -2.25. The van der Waals surface area contributed by atoms with E-state index in [1.54, 1.807) is 0 Å². The SMILES string of the molecule is CCCCCCCCCCCCCCCCS(=O)(=O)C1CCC(N)CC1. The van der Waals surface area contributed by atoms with Crippen molar-refractivity contribution < 1.29 is 8.42 Å². The molecule has 0 aromatic carbocycles. The van der Waals surface area contributed by atoms with Gasteiger partial charge < -0.3 is 5.73 Å². The second-order valence-electron chi connectivity index (χ2n) is 8.50. The zero-order valence-corrected chi connectivity index (χ0v) is 18.2. The number of unbranched alkanes of at least 4 members (excludes halogenated alkanes) is 13. The molecule has 1 rings (SSSR count). The predicted octanol–water partition coefficient (Wildman–Crippen LogP) is 6.15. The second-order valence-corrected chi connectivity index (χ2v) is 10.9. The fraction of sp³-hybridized carbons (Fsp3) is 1.00. The molecule has 0 spiro atoms. The Hall–Kier alpha value is -0.0900. The molecule has 0 atom stereocenters. The molecule has 1 fully saturated rings. The van der Waals surface area contributed by atoms with Gasteiger partial charge in [0.25, 0.3) is 0 Å². The van der Waals surface area contributed by atoms with Gasteiger partial charge in [-0.25, -0.2) is 8.42 Å². The van der Waals surface area contributed by atoms with Gasteiger partial charge in [0.2, 0.25) is 0 Å². The summed E-state index contributed by atoms with van der Waals surface area (Å²) in [5.74, 6) is 0.394. The average molecular weight is 388 g/mol. The zero-order valence-electron chi connectivity index (χ0n) is 17.4. The van der Waals surface area contributed by atoms with E-state index in [4.69, 9.17) is 5.73 Å². The van der Waals surface area contributed by atoms with E-state index >= 15 is 0 Å². The summed E-state index contributed by atoms with van der Waals surface area (Å²) in [6, 6.07) is 0.225. The summed E-state index contributed by atoms with van der Waals surface area (Å²) in [4.78, 5) is 0. The molecule has 0 heterocycles. The van der Waals surface area contributed by atoms with Crippen molar-refractivity contribution in [3.05, 3.63) is 0 Å². The van der Waals surface area contributed by atoms with Crippen LogP contribution in [0.15, 0.2) is 0 Å². The number of sulfone groups is 1. The Bertz CT molecular complexity index is 414. The number of hydrogen-bond acceptors (Lipinski definition) is 3. The van der Waals surface area contributed by atoms with Crippen LogP contribution in [-0.4, -0.2) is 25.5 Å². The van der Waals surface area contributed by atoms with E-state index in [-0.39, 0.29) is 11.3 Å². The highest BCUT2D eigenvalue weighted by Gasteiger charge is 2.28. The zero-order chi connectivity index (χ0) is 19.1. The Labute approximate surface area is 163 Å². The first-order valence-electron chi connectivity index (χ1n) is 11.5. The monoisotopic (exact) mass is 387 g/mol. The van der Waals surface area contributed by atoms with Crippen LogP contribution in [0, 0.1) is 0 Å². The normalized spacial score (nSPS) is 21.2. The standard InChI is InChI=1S/C22H45NO2S/c1-2-3-4-5-6-7-8-9-10-11-12-13-14-15-20-26(24,25)22-18-16-21(23)17-19-22/h21-22H,2-20,23H2,1H3. The summed E-state index contributed by atoms with van der Waals surface area (Å²) in [5, 5.41) is -0.107. The largest absolute Gasteiger partial charge is 0.328 e. The molecule has 4 heteroatoms. The van der Waals surface area contributed by atoms with Gasteiger partial charge in [-0.1, -0.05) is 90.4 Å². The van der Waals surface area contributed by atoms with Gasteiger partial charge in [0.05, 0.1) is 11.0 Å². The van der Waals surface area contributed by atoms with Crippen molar-refractivity contribution in [1.29, 1.82) is 0 Å². The van der Waals surface area contributed by atoms with E-state index in [9.17, 15) is 8.42 Å². The van der Waals surface area contributed by atoms with Crippen LogP contribution < -0.4 is 5.73 Å². The van der Waals surface area contributed by atoms with E-state index in [1.807, 2.05) is 0 Å². The van der Waals surface area contributed by atoms with Gasteiger partial charge in [0.15, 0.2) is 9.84 Å². The van der Waals surface area contributed by atoms with Gasteiger partial charge in [-0.05, 0) is 32.1 Å². The quantitative estimate of drug-likeness (QED) is 0.323. The Morgan fingerprint density at radius 3 is 1.46 bits per heavy atom. The van der Waals surface area contributed by atoms with Crippen LogP contribution in [0.1, 0.15) is 122 Å². The lowest BCUT2D eigenvalue weighted by Crippen LogP contribution is -2.34. The second kappa shape index (κ2) is 14.9. The first-order valence-corrected chi connectivity index (χ1v) is 13.2. The molecule has 1 aliphatic carbocycles. The topological polar surface area (TPSA) is 60.2 Å². The van der Waals surface area contributed by atoms with Crippen LogP contribution in [0.2, 0.25) is 0 Å². The molecular weight excluding hydrogens is 342 g/mol. The smallest absolute Gasteiger partial charge is 0.153 e. The van der Waals surface area contributed by atoms with Crippen molar-refractivity contribution >= 4 is 9.84 Å². The fourth-order valence-corrected chi connectivity index (χ4v) is 6.04. The maximum atomic E-state index is 12.4. The van der Waals surface area contributed by atoms with Crippen LogP contribution in [0.3, 0.4) is 0 Å². The molecule has 0 amide bonds. The summed E-state index contributed by atoms with van der Waals surface area (Å²) < 4.78 is 24.7. The highest BCUT2D eigenvalue weighted by atomic mass is 32.2. The molecule has 0 aromatic rings. The molecule has 26 heavy (non-hydrogen) atoms. The molecular formula is C22H45NO2S. The van der Waals surface area contributed by atoms with Crippen molar-refractivity contribution in [2.75, 3.05) is 5.75 Å². The van der Waals surface area contributed by atoms with Crippen molar-refractivity contribution in [2.45, 2.75) is 134 Å². The predicted molar refractivity (Wildman–Crippen MR) is 114 cm³/mol. The summed E-state index contributed by atoms with van der Waals surface area (Å²) >= 11 is 0. The minimum Gasteiger partial charge on any atom is -0.328 e. The molecule has 0 saturated heterocycles. The fourth-order valence-electron chi connectivity index (χ4n) is 4.11. The summed E-state index contributed by atoms with van der Waals surface area (Å²) in [7, 11) is -2.88. The van der Waals surface area contributed by atoms with Gasteiger partial charge in [-0.2, -0.15) is 0 Å². The lowest BCUT2D eigenvalue weighted by atomic mass is 9.96. The highest BCUT2D eigenvalue weighted by molar-refractivity contribution is 7.92. The summed E-state index contributed by atoms with van der Waals surface area (Å²) in [5.41, 5.74) is 5.88. The molecule has 3 nitrogen and oxygen atoms in total. The summed E-state index contributed by atoms with van der Waals surface area (Å²) in [6.45, 7) is 2.27. The minimum absolute atomic E-state index is 0.107. The number of nitrogens with two attached hydrogens (primary N) is 1. The lowest BCUT2D eigenvalue weighted by molar-refractivity contribution is 0.433. The first kappa shape index (κ1) is 23.9. The molecule has 0 unspecified atom stereocenters. The van der Waals surface area contributed by atoms with Crippen LogP contribution >= 0.6 is 0 Å². The minimum atomic E-state index is -2.88. The number of rotatable bonds is 16. The van der Waals surface area contributed by atoms with Gasteiger partial charge in [-0.15, -0.1) is 0 Å². The Kier molecular flexibility index (Phi) is 13.7. The van der Waals surface area contributed by atoms with Gasteiger partial charge in [-0.3, -0.25) is 0 Å². The van der Waals surface area contributed by atoms with E-state index in [2.05, 4.69) is 6.92 Å². The van der Waals surface area contributed by atoms with E-state index < -0.39 is 9.84 Å². The van der Waals surface area contributed by atoms with E-state index in [1.165, 1.54) is 77.0 Å². The van der Waals surface area contributed by atoms with E-state index in [0.29, 0.717) is 5.75 Å². The maximum absolute atomic E-state index is 12.4. The Morgan fingerprint density at radius 1 is 0.654 bits per heavy atom. The third-order valence-electron chi connectivity index (χ3n) is 6.01. The average Bonchev–Trinajstić information content (AvgIpc) is 2.62. The maximum Gasteiger partial charge on any atom is 0.153 e. The highest BCUT2D eigenvalue weighted by Crippen LogP contribution is 2.24.